The van der Waals surface area contributed by atoms with Gasteiger partial charge >= 0.3 is 13.8 Å². The van der Waals surface area contributed by atoms with E-state index in [0.717, 1.165) is 0 Å². The van der Waals surface area contributed by atoms with Gasteiger partial charge in [-0.1, -0.05) is 0 Å². The smallest absolute Gasteiger partial charge is 0.476 e. The molecule has 2 aromatic heterocycles. The molecule has 176 valence electrons. The molecule has 4 rings (SSSR count). The van der Waals surface area contributed by atoms with Crippen LogP contribution in [0.25, 0.3) is 11.2 Å². The first kappa shape index (κ1) is 22.8. The van der Waals surface area contributed by atoms with Crippen molar-refractivity contribution in [2.45, 2.75) is 50.9 Å². The maximum atomic E-state index is 13.0. The number of imidazole rings is 1. The van der Waals surface area contributed by atoms with Crippen LogP contribution < -0.4 is 10.5 Å². The number of anilines is 1. The van der Waals surface area contributed by atoms with Gasteiger partial charge in [0.2, 0.25) is 11.8 Å². The number of phosphoric ester groups is 1. The zero-order valence-electron chi connectivity index (χ0n) is 17.8. The highest BCUT2D eigenvalue weighted by atomic mass is 31.2. The number of aromatic nitrogens is 4. The largest absolute Gasteiger partial charge is 0.479 e. The summed E-state index contributed by atoms with van der Waals surface area (Å²) in [7, 11) is -2.79. The lowest BCUT2D eigenvalue weighted by Gasteiger charge is -2.35. The fourth-order valence-corrected chi connectivity index (χ4v) is 5.25. The van der Waals surface area contributed by atoms with Crippen molar-refractivity contribution < 1.29 is 42.2 Å². The minimum atomic E-state index is -4.20. The van der Waals surface area contributed by atoms with E-state index < -0.39 is 43.9 Å². The molecule has 15 heteroatoms. The first-order chi connectivity index (χ1) is 15.1. The fraction of sp³-hybridized carbons (Fsp3) is 0.647. The Kier molecular flexibility index (Phi) is 5.86. The van der Waals surface area contributed by atoms with Crippen LogP contribution in [0.2, 0.25) is 0 Å². The van der Waals surface area contributed by atoms with E-state index in [0.29, 0.717) is 5.52 Å². The normalized spacial score (nSPS) is 33.1. The van der Waals surface area contributed by atoms with Crippen molar-refractivity contribution in [2.24, 2.45) is 0 Å². The van der Waals surface area contributed by atoms with Crippen LogP contribution in [-0.4, -0.2) is 74.8 Å². The average Bonchev–Trinajstić information content (AvgIpc) is 3.25. The molecule has 2 aliphatic rings. The topological polar surface area (TPSA) is 179 Å². The fourth-order valence-electron chi connectivity index (χ4n) is 3.65. The summed E-state index contributed by atoms with van der Waals surface area (Å²) in [4.78, 5) is 24.2. The van der Waals surface area contributed by atoms with Crippen LogP contribution in [0.15, 0.2) is 6.33 Å². The van der Waals surface area contributed by atoms with Gasteiger partial charge in [-0.2, -0.15) is 9.97 Å². The SMILES string of the molecule is CCOC(=O)[C@H](C)O[P@]1(=O)OC[C@H]2O[C@@H](n3cnc4c(OC)nc(N)nc43)[C@](C)(O)[C@@H]2O1. The Hall–Kier alpha value is -2.35. The second kappa shape index (κ2) is 8.21. The van der Waals surface area contributed by atoms with Gasteiger partial charge < -0.3 is 25.1 Å². The van der Waals surface area contributed by atoms with Crippen molar-refractivity contribution in [2.75, 3.05) is 26.1 Å². The zero-order valence-corrected chi connectivity index (χ0v) is 18.7. The van der Waals surface area contributed by atoms with E-state index in [2.05, 4.69) is 15.0 Å². The quantitative estimate of drug-likeness (QED) is 0.439. The number of ether oxygens (including phenoxy) is 3. The molecular formula is C17H24N5O9P. The molecule has 0 spiro atoms. The zero-order chi connectivity index (χ0) is 23.3. The second-order valence-electron chi connectivity index (χ2n) is 7.44. The molecule has 0 aliphatic carbocycles. The van der Waals surface area contributed by atoms with E-state index in [9.17, 15) is 14.5 Å². The third-order valence-corrected chi connectivity index (χ3v) is 6.64. The highest BCUT2D eigenvalue weighted by Gasteiger charge is 2.60. The molecule has 0 bridgehead atoms. The summed E-state index contributed by atoms with van der Waals surface area (Å²) in [6, 6.07) is 0. The Bertz CT molecular complexity index is 1080. The molecule has 0 saturated carbocycles. The Morgan fingerprint density at radius 1 is 1.50 bits per heavy atom. The summed E-state index contributed by atoms with van der Waals surface area (Å²) >= 11 is 0. The van der Waals surface area contributed by atoms with E-state index >= 15 is 0 Å². The first-order valence-electron chi connectivity index (χ1n) is 9.79. The number of hydrogen-bond donors (Lipinski definition) is 2. The highest BCUT2D eigenvalue weighted by Crippen LogP contribution is 2.59. The maximum Gasteiger partial charge on any atom is 0.476 e. The number of methoxy groups -OCH3 is 1. The molecular weight excluding hydrogens is 449 g/mol. The number of carbonyl (C=O) groups excluding carboxylic acids is 1. The summed E-state index contributed by atoms with van der Waals surface area (Å²) in [5.74, 6) is -0.621. The van der Waals surface area contributed by atoms with E-state index in [1.165, 1.54) is 31.9 Å². The summed E-state index contributed by atoms with van der Waals surface area (Å²) in [6.45, 7) is 4.35. The lowest BCUT2D eigenvalue weighted by Crippen LogP contribution is -2.48. The number of esters is 1. The summed E-state index contributed by atoms with van der Waals surface area (Å²) in [5, 5.41) is 11.3. The van der Waals surface area contributed by atoms with E-state index in [-0.39, 0.29) is 30.7 Å². The average molecular weight is 473 g/mol. The molecule has 32 heavy (non-hydrogen) atoms. The van der Waals surface area contributed by atoms with Gasteiger partial charge in [0.05, 0.1) is 26.7 Å². The maximum absolute atomic E-state index is 13.0. The molecule has 0 unspecified atom stereocenters. The van der Waals surface area contributed by atoms with Crippen LogP contribution in [-0.2, 0) is 32.4 Å². The van der Waals surface area contributed by atoms with Crippen molar-refractivity contribution in [3.63, 3.8) is 0 Å². The van der Waals surface area contributed by atoms with Gasteiger partial charge in [-0.3, -0.25) is 18.1 Å². The van der Waals surface area contributed by atoms with Gasteiger partial charge in [0.15, 0.2) is 23.5 Å². The van der Waals surface area contributed by atoms with Gasteiger partial charge in [0.25, 0.3) is 0 Å². The molecule has 0 aromatic carbocycles. The van der Waals surface area contributed by atoms with Crippen molar-refractivity contribution in [3.05, 3.63) is 6.33 Å². The molecule has 2 saturated heterocycles. The lowest BCUT2D eigenvalue weighted by molar-refractivity contribution is -0.153. The van der Waals surface area contributed by atoms with Gasteiger partial charge in [-0.15, -0.1) is 0 Å². The number of nitrogens with zero attached hydrogens (tertiary/aromatic N) is 4. The summed E-state index contributed by atoms with van der Waals surface area (Å²) < 4.78 is 46.4. The molecule has 0 amide bonds. The number of fused-ring (bicyclic) bond motifs is 2. The Labute approximate surface area is 182 Å². The van der Waals surface area contributed by atoms with E-state index in [1.54, 1.807) is 6.92 Å². The lowest BCUT2D eigenvalue weighted by atomic mass is 9.96. The molecule has 4 heterocycles. The third kappa shape index (κ3) is 3.83. The number of nitrogen functional groups attached to an aromatic ring is 1. The van der Waals surface area contributed by atoms with Gasteiger partial charge in [-0.25, -0.2) is 14.3 Å². The molecule has 14 nitrogen and oxygen atoms in total. The standard InChI is InChI=1S/C17H24N5O9P/c1-5-27-14(23)8(2)30-32(25)28-6-9-11(31-32)17(3,24)15(29-9)22-7-19-10-12(22)20-16(18)21-13(10)26-4/h7-9,11,15,24H,5-6H2,1-4H3,(H2,18,20,21)/t8-,9+,11+,15+,17+,32-/m0/s1. The number of phosphoric acid groups is 1. The highest BCUT2D eigenvalue weighted by molar-refractivity contribution is 7.48. The Morgan fingerprint density at radius 3 is 2.94 bits per heavy atom. The number of nitrogens with two attached hydrogens (primary N) is 1. The molecule has 2 fully saturated rings. The van der Waals surface area contributed by atoms with Crippen LogP contribution in [0.4, 0.5) is 5.95 Å². The van der Waals surface area contributed by atoms with Gasteiger partial charge in [-0.05, 0) is 20.8 Å². The molecule has 2 aromatic rings. The van der Waals surface area contributed by atoms with Crippen LogP contribution in [0, 0.1) is 0 Å². The van der Waals surface area contributed by atoms with E-state index in [1.807, 2.05) is 0 Å². The minimum Gasteiger partial charge on any atom is -0.479 e. The van der Waals surface area contributed by atoms with Crippen LogP contribution in [0.5, 0.6) is 5.88 Å². The summed E-state index contributed by atoms with van der Waals surface area (Å²) in [5.41, 5.74) is 4.61. The van der Waals surface area contributed by atoms with Crippen molar-refractivity contribution in [1.29, 1.82) is 0 Å². The molecule has 3 N–H and O–H groups in total. The predicted octanol–water partition coefficient (Wildman–Crippen LogP) is 0.557. The predicted molar refractivity (Wildman–Crippen MR) is 106 cm³/mol. The monoisotopic (exact) mass is 473 g/mol. The number of carbonyl (C=O) groups is 1. The Balaban J connectivity index is 1.60. The number of hydrogen-bond acceptors (Lipinski definition) is 13. The molecule has 6 atom stereocenters. The minimum absolute atomic E-state index is 0.0587. The second-order valence-corrected chi connectivity index (χ2v) is 9.01. The van der Waals surface area contributed by atoms with Crippen molar-refractivity contribution >= 4 is 30.9 Å². The van der Waals surface area contributed by atoms with Gasteiger partial charge in [0.1, 0.15) is 17.8 Å². The van der Waals surface area contributed by atoms with Crippen LogP contribution in [0.3, 0.4) is 0 Å². The van der Waals surface area contributed by atoms with Crippen LogP contribution in [0.1, 0.15) is 27.0 Å². The van der Waals surface area contributed by atoms with Gasteiger partial charge in [0, 0.05) is 0 Å². The van der Waals surface area contributed by atoms with Crippen molar-refractivity contribution in [1.82, 2.24) is 19.5 Å². The summed E-state index contributed by atoms with van der Waals surface area (Å²) in [6.07, 6.45) is -2.78. The third-order valence-electron chi connectivity index (χ3n) is 5.12. The molecule has 0 radical (unpaired) electrons. The number of rotatable bonds is 6. The van der Waals surface area contributed by atoms with Crippen LogP contribution >= 0.6 is 7.82 Å². The number of aliphatic hydroxyl groups is 1. The van der Waals surface area contributed by atoms with Crippen molar-refractivity contribution in [3.8, 4) is 5.88 Å². The molecule has 2 aliphatic heterocycles. The Morgan fingerprint density at radius 2 is 2.25 bits per heavy atom. The first-order valence-corrected chi connectivity index (χ1v) is 11.3. The van der Waals surface area contributed by atoms with E-state index in [4.69, 9.17) is 33.5 Å².